The highest BCUT2D eigenvalue weighted by molar-refractivity contribution is 5.96. The van der Waals surface area contributed by atoms with Crippen molar-refractivity contribution in [3.8, 4) is 34.0 Å². The summed E-state index contributed by atoms with van der Waals surface area (Å²) in [5, 5.41) is 8.48. The zero-order chi connectivity index (χ0) is 20.9. The largest absolute Gasteiger partial charge is 0.330 e. The number of H-pyrrole nitrogens is 2. The highest BCUT2D eigenvalue weighted by Crippen LogP contribution is 2.31. The second-order valence-electron chi connectivity index (χ2n) is 7.31. The molecular weight excluding hydrogens is 390 g/mol. The van der Waals surface area contributed by atoms with Crippen molar-refractivity contribution in [1.29, 1.82) is 0 Å². The van der Waals surface area contributed by atoms with E-state index >= 15 is 0 Å². The van der Waals surface area contributed by atoms with Crippen LogP contribution in [0.5, 0.6) is 0 Å². The second kappa shape index (κ2) is 6.56. The molecule has 0 amide bonds. The van der Waals surface area contributed by atoms with Gasteiger partial charge in [0, 0.05) is 36.6 Å². The first-order valence-corrected chi connectivity index (χ1v) is 9.77. The van der Waals surface area contributed by atoms with Gasteiger partial charge in [0.05, 0.1) is 29.3 Å². The topological polar surface area (TPSA) is 114 Å². The van der Waals surface area contributed by atoms with Gasteiger partial charge in [0.2, 0.25) is 0 Å². The highest BCUT2D eigenvalue weighted by atomic mass is 15.1. The third kappa shape index (κ3) is 2.71. The van der Waals surface area contributed by atoms with Gasteiger partial charge in [0.25, 0.3) is 0 Å². The van der Waals surface area contributed by atoms with E-state index in [9.17, 15) is 0 Å². The van der Waals surface area contributed by atoms with Gasteiger partial charge in [-0.25, -0.2) is 15.0 Å². The van der Waals surface area contributed by atoms with Crippen LogP contribution in [-0.4, -0.2) is 44.7 Å². The van der Waals surface area contributed by atoms with Crippen molar-refractivity contribution in [2.45, 2.75) is 6.92 Å². The fraction of sp³-hybridized carbons (Fsp3) is 0.0909. The summed E-state index contributed by atoms with van der Waals surface area (Å²) in [5.41, 5.74) is 6.83. The van der Waals surface area contributed by atoms with E-state index in [1.807, 2.05) is 49.0 Å². The Balaban J connectivity index is 1.52. The lowest BCUT2D eigenvalue weighted by Gasteiger charge is -2.03. The monoisotopic (exact) mass is 407 g/mol. The Kier molecular flexibility index (Phi) is 3.69. The summed E-state index contributed by atoms with van der Waals surface area (Å²) in [6, 6.07) is 7.88. The molecule has 31 heavy (non-hydrogen) atoms. The fourth-order valence-corrected chi connectivity index (χ4v) is 3.76. The molecule has 150 valence electrons. The molecule has 9 nitrogen and oxygen atoms in total. The van der Waals surface area contributed by atoms with Gasteiger partial charge in [-0.2, -0.15) is 5.10 Å². The number of aromatic nitrogens is 9. The van der Waals surface area contributed by atoms with Gasteiger partial charge in [-0.1, -0.05) is 0 Å². The van der Waals surface area contributed by atoms with Gasteiger partial charge >= 0.3 is 0 Å². The van der Waals surface area contributed by atoms with Gasteiger partial charge in [-0.05, 0) is 36.8 Å². The van der Waals surface area contributed by atoms with Gasteiger partial charge in [-0.3, -0.25) is 15.1 Å². The van der Waals surface area contributed by atoms with Gasteiger partial charge in [0.1, 0.15) is 17.0 Å². The Morgan fingerprint density at radius 1 is 0.968 bits per heavy atom. The minimum Gasteiger partial charge on any atom is -0.330 e. The van der Waals surface area contributed by atoms with E-state index < -0.39 is 0 Å². The standard InChI is InChI=1S/C22H17N9/c1-12-25-11-18(31(12)2)16-9-15-17(10-26-16)29-30-20(15)22-27-19-14(5-8-24-21(19)28-22)13-3-6-23-7-4-13/h3-11H,1-2H3,(H,29,30)(H,24,27,28). The maximum Gasteiger partial charge on any atom is 0.160 e. The van der Waals surface area contributed by atoms with E-state index in [1.165, 1.54) is 0 Å². The number of hydrogen-bond acceptors (Lipinski definition) is 6. The molecule has 6 heterocycles. The molecule has 0 unspecified atom stereocenters. The molecule has 6 rings (SSSR count). The molecule has 0 aliphatic carbocycles. The minimum atomic E-state index is 0.647. The van der Waals surface area contributed by atoms with Crippen molar-refractivity contribution in [2.75, 3.05) is 0 Å². The first kappa shape index (κ1) is 17.5. The van der Waals surface area contributed by atoms with Crippen molar-refractivity contribution >= 4 is 22.1 Å². The van der Waals surface area contributed by atoms with Crippen LogP contribution in [0.4, 0.5) is 0 Å². The summed E-state index contributed by atoms with van der Waals surface area (Å²) in [6.45, 7) is 1.97. The normalized spacial score (nSPS) is 11.5. The molecule has 0 saturated carbocycles. The number of aromatic amines is 2. The summed E-state index contributed by atoms with van der Waals surface area (Å²) in [4.78, 5) is 25.7. The van der Waals surface area contributed by atoms with Crippen LogP contribution in [0.2, 0.25) is 0 Å². The number of fused-ring (bicyclic) bond motifs is 2. The molecule has 0 radical (unpaired) electrons. The fourth-order valence-electron chi connectivity index (χ4n) is 3.76. The number of pyridine rings is 3. The predicted octanol–water partition coefficient (Wildman–Crippen LogP) is 3.67. The second-order valence-corrected chi connectivity index (χ2v) is 7.31. The molecule has 0 aliphatic heterocycles. The third-order valence-electron chi connectivity index (χ3n) is 5.53. The van der Waals surface area contributed by atoms with E-state index in [2.05, 4.69) is 35.1 Å². The Morgan fingerprint density at radius 2 is 1.84 bits per heavy atom. The van der Waals surface area contributed by atoms with Gasteiger partial charge < -0.3 is 9.55 Å². The number of aryl methyl sites for hydroxylation is 1. The number of nitrogens with one attached hydrogen (secondary N) is 2. The van der Waals surface area contributed by atoms with E-state index in [1.54, 1.807) is 24.8 Å². The predicted molar refractivity (Wildman–Crippen MR) is 117 cm³/mol. The van der Waals surface area contributed by atoms with E-state index in [4.69, 9.17) is 4.98 Å². The Morgan fingerprint density at radius 3 is 2.65 bits per heavy atom. The maximum absolute atomic E-state index is 4.85. The molecule has 0 bridgehead atoms. The molecule has 0 aromatic carbocycles. The molecule has 0 fully saturated rings. The quantitative estimate of drug-likeness (QED) is 0.463. The summed E-state index contributed by atoms with van der Waals surface area (Å²) < 4.78 is 2.01. The zero-order valence-electron chi connectivity index (χ0n) is 16.8. The molecule has 0 atom stereocenters. The summed E-state index contributed by atoms with van der Waals surface area (Å²) in [5.74, 6) is 1.57. The molecule has 6 aromatic rings. The number of nitrogens with zero attached hydrogens (tertiary/aromatic N) is 7. The van der Waals surface area contributed by atoms with Crippen LogP contribution in [0, 0.1) is 6.92 Å². The zero-order valence-corrected chi connectivity index (χ0v) is 16.8. The van der Waals surface area contributed by atoms with Gasteiger partial charge in [-0.15, -0.1) is 0 Å². The molecule has 0 spiro atoms. The van der Waals surface area contributed by atoms with Crippen LogP contribution in [0.3, 0.4) is 0 Å². The lowest BCUT2D eigenvalue weighted by Crippen LogP contribution is -1.95. The first-order valence-electron chi connectivity index (χ1n) is 9.77. The van der Waals surface area contributed by atoms with Crippen molar-refractivity contribution < 1.29 is 0 Å². The minimum absolute atomic E-state index is 0.647. The highest BCUT2D eigenvalue weighted by Gasteiger charge is 2.17. The molecular formula is C22H17N9. The molecule has 9 heteroatoms. The average Bonchev–Trinajstić information content (AvgIpc) is 3.50. The van der Waals surface area contributed by atoms with E-state index in [0.29, 0.717) is 11.5 Å². The number of hydrogen-bond donors (Lipinski definition) is 2. The summed E-state index contributed by atoms with van der Waals surface area (Å²) >= 11 is 0. The van der Waals surface area contributed by atoms with Crippen molar-refractivity contribution in [3.05, 3.63) is 61.1 Å². The van der Waals surface area contributed by atoms with Crippen LogP contribution in [0.15, 0.2) is 55.2 Å². The third-order valence-corrected chi connectivity index (χ3v) is 5.53. The van der Waals surface area contributed by atoms with Crippen LogP contribution in [-0.2, 0) is 7.05 Å². The lowest BCUT2D eigenvalue weighted by molar-refractivity contribution is 0.862. The van der Waals surface area contributed by atoms with Crippen LogP contribution in [0.1, 0.15) is 5.82 Å². The Hall–Kier alpha value is -4.40. The Labute approximate surface area is 176 Å². The Bertz CT molecular complexity index is 1560. The lowest BCUT2D eigenvalue weighted by atomic mass is 10.1. The van der Waals surface area contributed by atoms with Crippen LogP contribution in [0.25, 0.3) is 56.1 Å². The van der Waals surface area contributed by atoms with E-state index in [-0.39, 0.29) is 0 Å². The molecule has 6 aromatic heterocycles. The van der Waals surface area contributed by atoms with Crippen molar-refractivity contribution in [1.82, 2.24) is 44.7 Å². The van der Waals surface area contributed by atoms with Gasteiger partial charge in [0.15, 0.2) is 11.5 Å². The molecule has 2 N–H and O–H groups in total. The first-order chi connectivity index (χ1) is 15.2. The number of rotatable bonds is 3. The summed E-state index contributed by atoms with van der Waals surface area (Å²) in [6.07, 6.45) is 8.92. The van der Waals surface area contributed by atoms with Crippen LogP contribution >= 0.6 is 0 Å². The van der Waals surface area contributed by atoms with Crippen LogP contribution < -0.4 is 0 Å². The van der Waals surface area contributed by atoms with E-state index in [0.717, 1.165) is 50.5 Å². The van der Waals surface area contributed by atoms with Crippen molar-refractivity contribution in [2.24, 2.45) is 7.05 Å². The number of imidazole rings is 2. The molecule has 0 aliphatic rings. The maximum atomic E-state index is 4.85. The van der Waals surface area contributed by atoms with Crippen molar-refractivity contribution in [3.63, 3.8) is 0 Å². The average molecular weight is 407 g/mol. The molecule has 0 saturated heterocycles. The SMILES string of the molecule is Cc1ncc(-c2cc3c(-c4nc5c(-c6ccncc6)ccnc5[nH]4)n[nH]c3cn2)n1C. The summed E-state index contributed by atoms with van der Waals surface area (Å²) in [7, 11) is 1.98. The smallest absolute Gasteiger partial charge is 0.160 e.